The highest BCUT2D eigenvalue weighted by Crippen LogP contribution is 2.31. The Kier molecular flexibility index (Phi) is 4.01. The predicted octanol–water partition coefficient (Wildman–Crippen LogP) is 2.18. The Hall–Kier alpha value is -0.880. The highest BCUT2D eigenvalue weighted by molar-refractivity contribution is 9.10. The zero-order chi connectivity index (χ0) is 14.2. The van der Waals surface area contributed by atoms with Crippen molar-refractivity contribution >= 4 is 21.9 Å². The van der Waals surface area contributed by atoms with Crippen LogP contribution >= 0.6 is 15.9 Å². The first-order valence-electron chi connectivity index (χ1n) is 6.47. The number of carbonyl (C=O) groups is 1. The molecule has 1 aliphatic heterocycles. The van der Waals surface area contributed by atoms with Gasteiger partial charge in [0.15, 0.2) is 0 Å². The van der Waals surface area contributed by atoms with Gasteiger partial charge in [0.25, 0.3) is 0 Å². The van der Waals surface area contributed by atoms with Gasteiger partial charge in [-0.05, 0) is 49.2 Å². The number of aromatic nitrogens is 2. The van der Waals surface area contributed by atoms with Crippen molar-refractivity contribution in [1.29, 1.82) is 0 Å². The second kappa shape index (κ2) is 5.25. The fraction of sp³-hybridized carbons (Fsp3) is 0.692. The van der Waals surface area contributed by atoms with E-state index < -0.39 is 11.4 Å². The van der Waals surface area contributed by atoms with Crippen molar-refractivity contribution in [2.45, 2.75) is 33.2 Å². The quantitative estimate of drug-likeness (QED) is 0.923. The molecular weight excluding hydrogens is 310 g/mol. The van der Waals surface area contributed by atoms with E-state index in [-0.39, 0.29) is 0 Å². The van der Waals surface area contributed by atoms with Gasteiger partial charge >= 0.3 is 5.97 Å². The molecule has 1 atom stereocenters. The van der Waals surface area contributed by atoms with E-state index in [9.17, 15) is 9.90 Å². The maximum absolute atomic E-state index is 11.4. The SMILES string of the molecule is Cc1nn(C)c(CN2CCCC(C)(C(=O)O)C2)c1Br. The van der Waals surface area contributed by atoms with E-state index in [2.05, 4.69) is 25.9 Å². The molecule has 6 heteroatoms. The number of aliphatic carboxylic acids is 1. The minimum Gasteiger partial charge on any atom is -0.481 e. The molecule has 1 aromatic rings. The molecule has 2 rings (SSSR count). The lowest BCUT2D eigenvalue weighted by molar-refractivity contribution is -0.151. The number of hydrogen-bond acceptors (Lipinski definition) is 3. The van der Waals surface area contributed by atoms with Crippen molar-refractivity contribution in [1.82, 2.24) is 14.7 Å². The summed E-state index contributed by atoms with van der Waals surface area (Å²) in [5.74, 6) is -0.697. The lowest BCUT2D eigenvalue weighted by Gasteiger charge is -2.37. The molecule has 1 unspecified atom stereocenters. The van der Waals surface area contributed by atoms with Crippen LogP contribution in [-0.4, -0.2) is 38.8 Å². The number of halogens is 1. The molecule has 0 aliphatic carbocycles. The molecule has 1 saturated heterocycles. The molecular formula is C13H20BrN3O2. The Morgan fingerprint density at radius 1 is 1.58 bits per heavy atom. The first-order valence-corrected chi connectivity index (χ1v) is 7.26. The minimum absolute atomic E-state index is 0.596. The van der Waals surface area contributed by atoms with Crippen molar-refractivity contribution in [3.63, 3.8) is 0 Å². The Labute approximate surface area is 121 Å². The van der Waals surface area contributed by atoms with E-state index in [0.29, 0.717) is 6.54 Å². The van der Waals surface area contributed by atoms with E-state index >= 15 is 0 Å². The molecule has 0 bridgehead atoms. The smallest absolute Gasteiger partial charge is 0.310 e. The van der Waals surface area contributed by atoms with Crippen LogP contribution in [0.25, 0.3) is 0 Å². The molecule has 2 heterocycles. The number of carboxylic acid groups (broad SMARTS) is 1. The lowest BCUT2D eigenvalue weighted by Crippen LogP contribution is -2.45. The van der Waals surface area contributed by atoms with Crippen molar-refractivity contribution in [2.75, 3.05) is 13.1 Å². The molecule has 1 fully saturated rings. The number of likely N-dealkylation sites (tertiary alicyclic amines) is 1. The lowest BCUT2D eigenvalue weighted by atomic mass is 9.82. The Morgan fingerprint density at radius 2 is 2.26 bits per heavy atom. The topological polar surface area (TPSA) is 58.4 Å². The van der Waals surface area contributed by atoms with Gasteiger partial charge in [0, 0.05) is 20.1 Å². The molecule has 0 amide bonds. The second-order valence-corrected chi connectivity index (χ2v) is 6.44. The number of aryl methyl sites for hydroxylation is 2. The summed E-state index contributed by atoms with van der Waals surface area (Å²) in [6, 6.07) is 0. The van der Waals surface area contributed by atoms with Crippen LogP contribution < -0.4 is 0 Å². The third-order valence-electron chi connectivity index (χ3n) is 3.93. The maximum Gasteiger partial charge on any atom is 0.310 e. The largest absolute Gasteiger partial charge is 0.481 e. The van der Waals surface area contributed by atoms with Gasteiger partial charge in [-0.1, -0.05) is 0 Å². The van der Waals surface area contributed by atoms with Gasteiger partial charge in [0.1, 0.15) is 0 Å². The van der Waals surface area contributed by atoms with Gasteiger partial charge in [-0.2, -0.15) is 5.10 Å². The van der Waals surface area contributed by atoms with Crippen LogP contribution in [0.1, 0.15) is 31.2 Å². The first-order chi connectivity index (χ1) is 8.83. The van der Waals surface area contributed by atoms with Gasteiger partial charge < -0.3 is 5.11 Å². The molecule has 5 nitrogen and oxygen atoms in total. The van der Waals surface area contributed by atoms with Crippen LogP contribution in [0.5, 0.6) is 0 Å². The summed E-state index contributed by atoms with van der Waals surface area (Å²) in [6.07, 6.45) is 1.68. The summed E-state index contributed by atoms with van der Waals surface area (Å²) in [5.41, 5.74) is 1.45. The van der Waals surface area contributed by atoms with Gasteiger partial charge in [-0.25, -0.2) is 0 Å². The second-order valence-electron chi connectivity index (χ2n) is 5.65. The van der Waals surface area contributed by atoms with E-state index in [1.807, 2.05) is 25.6 Å². The molecule has 0 radical (unpaired) electrons. The molecule has 19 heavy (non-hydrogen) atoms. The van der Waals surface area contributed by atoms with Gasteiger partial charge in [0.2, 0.25) is 0 Å². The monoisotopic (exact) mass is 329 g/mol. The Balaban J connectivity index is 2.13. The highest BCUT2D eigenvalue weighted by atomic mass is 79.9. The number of nitrogens with zero attached hydrogens (tertiary/aromatic N) is 3. The van der Waals surface area contributed by atoms with E-state index in [0.717, 1.165) is 41.8 Å². The normalized spacial score (nSPS) is 24.6. The maximum atomic E-state index is 11.4. The van der Waals surface area contributed by atoms with Crippen LogP contribution in [0.15, 0.2) is 4.47 Å². The highest BCUT2D eigenvalue weighted by Gasteiger charge is 2.38. The summed E-state index contributed by atoms with van der Waals surface area (Å²) in [6.45, 7) is 6.08. The average Bonchev–Trinajstić information content (AvgIpc) is 2.56. The van der Waals surface area contributed by atoms with Gasteiger partial charge in [-0.3, -0.25) is 14.4 Å². The number of piperidine rings is 1. The van der Waals surface area contributed by atoms with Crippen LogP contribution in [0.4, 0.5) is 0 Å². The molecule has 1 aromatic heterocycles. The molecule has 1 aliphatic rings. The van der Waals surface area contributed by atoms with E-state index in [1.54, 1.807) is 0 Å². The van der Waals surface area contributed by atoms with E-state index in [1.165, 1.54) is 0 Å². The van der Waals surface area contributed by atoms with Crippen molar-refractivity contribution < 1.29 is 9.90 Å². The molecule has 1 N–H and O–H groups in total. The summed E-state index contributed by atoms with van der Waals surface area (Å²) in [4.78, 5) is 13.6. The standard InChI is InChI=1S/C13H20BrN3O2/c1-9-11(14)10(16(3)15-9)7-17-6-4-5-13(2,8-17)12(18)19/h4-8H2,1-3H3,(H,18,19). The summed E-state index contributed by atoms with van der Waals surface area (Å²) < 4.78 is 2.89. The van der Waals surface area contributed by atoms with E-state index in [4.69, 9.17) is 0 Å². The number of carboxylic acids is 1. The average molecular weight is 330 g/mol. The Bertz CT molecular complexity index is 500. The zero-order valence-corrected chi connectivity index (χ0v) is 13.2. The van der Waals surface area contributed by atoms with Crippen molar-refractivity contribution in [3.8, 4) is 0 Å². The van der Waals surface area contributed by atoms with Crippen molar-refractivity contribution in [2.24, 2.45) is 12.5 Å². The zero-order valence-electron chi connectivity index (χ0n) is 11.6. The third-order valence-corrected chi connectivity index (χ3v) is 4.96. The van der Waals surface area contributed by atoms with Crippen LogP contribution in [0.2, 0.25) is 0 Å². The molecule has 0 aromatic carbocycles. The fourth-order valence-electron chi connectivity index (χ4n) is 2.72. The number of hydrogen-bond donors (Lipinski definition) is 1. The molecule has 0 spiro atoms. The third kappa shape index (κ3) is 2.84. The minimum atomic E-state index is -0.697. The molecule has 106 valence electrons. The summed E-state index contributed by atoms with van der Waals surface area (Å²) >= 11 is 3.56. The van der Waals surface area contributed by atoms with Crippen LogP contribution in [0.3, 0.4) is 0 Å². The summed E-state index contributed by atoms with van der Waals surface area (Å²) in [7, 11) is 1.92. The van der Waals surface area contributed by atoms with Crippen molar-refractivity contribution in [3.05, 3.63) is 15.9 Å². The first kappa shape index (κ1) is 14.5. The van der Waals surface area contributed by atoms with Crippen LogP contribution in [-0.2, 0) is 18.4 Å². The van der Waals surface area contributed by atoms with Gasteiger partial charge in [0.05, 0.1) is 21.3 Å². The fourth-order valence-corrected chi connectivity index (χ4v) is 3.18. The summed E-state index contributed by atoms with van der Waals surface area (Å²) in [5, 5.41) is 13.7. The Morgan fingerprint density at radius 3 is 2.79 bits per heavy atom. The van der Waals surface area contributed by atoms with Crippen LogP contribution in [0, 0.1) is 12.3 Å². The predicted molar refractivity (Wildman–Crippen MR) is 75.9 cm³/mol. The number of rotatable bonds is 3. The van der Waals surface area contributed by atoms with Gasteiger partial charge in [-0.15, -0.1) is 0 Å². The molecule has 0 saturated carbocycles.